The minimum atomic E-state index is -0.135. The van der Waals surface area contributed by atoms with Crippen LogP contribution in [0.3, 0.4) is 0 Å². The van der Waals surface area contributed by atoms with Gasteiger partial charge in [-0.2, -0.15) is 0 Å². The van der Waals surface area contributed by atoms with Gasteiger partial charge in [-0.05, 0) is 0 Å². The molecule has 0 saturated carbocycles. The van der Waals surface area contributed by atoms with E-state index in [0.717, 1.165) is 0 Å². The van der Waals surface area contributed by atoms with Crippen LogP contribution in [0.2, 0.25) is 0 Å². The molecule has 1 rings (SSSR count). The Morgan fingerprint density at radius 1 is 1.60 bits per heavy atom. The molecule has 0 aromatic heterocycles. The standard InChI is InChI=1S/C6H5BrO3/c7-3-5(8)6-4-9-1-2-10-6/h1-2,4H,3H2. The van der Waals surface area contributed by atoms with Gasteiger partial charge >= 0.3 is 0 Å². The molecule has 0 atom stereocenters. The van der Waals surface area contributed by atoms with Gasteiger partial charge in [0.1, 0.15) is 18.8 Å². The highest BCUT2D eigenvalue weighted by atomic mass is 79.9. The predicted molar refractivity (Wildman–Crippen MR) is 38.2 cm³/mol. The van der Waals surface area contributed by atoms with Crippen molar-refractivity contribution in [2.75, 3.05) is 5.33 Å². The van der Waals surface area contributed by atoms with Crippen LogP contribution in [0.1, 0.15) is 0 Å². The summed E-state index contributed by atoms with van der Waals surface area (Å²) in [7, 11) is 0. The van der Waals surface area contributed by atoms with E-state index in [9.17, 15) is 4.79 Å². The molecular formula is C6H5BrO3. The summed E-state index contributed by atoms with van der Waals surface area (Å²) in [5.41, 5.74) is 0. The minimum Gasteiger partial charge on any atom is -0.465 e. The Morgan fingerprint density at radius 3 is 2.90 bits per heavy atom. The molecule has 0 spiro atoms. The molecule has 10 heavy (non-hydrogen) atoms. The topological polar surface area (TPSA) is 35.5 Å². The molecule has 0 aromatic rings. The number of hydrogen-bond acceptors (Lipinski definition) is 3. The third kappa shape index (κ3) is 1.60. The Kier molecular flexibility index (Phi) is 2.50. The van der Waals surface area contributed by atoms with Crippen molar-refractivity contribution in [2.24, 2.45) is 0 Å². The average molecular weight is 205 g/mol. The lowest BCUT2D eigenvalue weighted by Crippen LogP contribution is -2.06. The number of ether oxygens (including phenoxy) is 2. The molecular weight excluding hydrogens is 200 g/mol. The van der Waals surface area contributed by atoms with Crippen molar-refractivity contribution in [3.05, 3.63) is 24.5 Å². The van der Waals surface area contributed by atoms with E-state index < -0.39 is 0 Å². The van der Waals surface area contributed by atoms with Crippen molar-refractivity contribution in [2.45, 2.75) is 0 Å². The van der Waals surface area contributed by atoms with Crippen molar-refractivity contribution >= 4 is 21.7 Å². The summed E-state index contributed by atoms with van der Waals surface area (Å²) < 4.78 is 9.50. The summed E-state index contributed by atoms with van der Waals surface area (Å²) in [5, 5.41) is 0.246. The number of ketones is 1. The minimum absolute atomic E-state index is 0.135. The van der Waals surface area contributed by atoms with Crippen LogP contribution < -0.4 is 0 Å². The zero-order chi connectivity index (χ0) is 7.40. The van der Waals surface area contributed by atoms with Gasteiger partial charge in [0.25, 0.3) is 0 Å². The maximum atomic E-state index is 10.8. The smallest absolute Gasteiger partial charge is 0.211 e. The Labute approximate surface area is 66.4 Å². The molecule has 4 heteroatoms. The van der Waals surface area contributed by atoms with Gasteiger partial charge in [-0.15, -0.1) is 0 Å². The first kappa shape index (κ1) is 7.34. The first-order chi connectivity index (χ1) is 4.84. The first-order valence-electron chi connectivity index (χ1n) is 2.61. The summed E-state index contributed by atoms with van der Waals surface area (Å²) in [6.45, 7) is 0. The van der Waals surface area contributed by atoms with Crippen LogP contribution in [0.5, 0.6) is 0 Å². The van der Waals surface area contributed by atoms with E-state index in [1.807, 2.05) is 0 Å². The van der Waals surface area contributed by atoms with Crippen LogP contribution in [0.15, 0.2) is 24.5 Å². The molecule has 0 aliphatic carbocycles. The lowest BCUT2D eigenvalue weighted by atomic mass is 10.4. The van der Waals surface area contributed by atoms with E-state index in [1.54, 1.807) is 0 Å². The molecule has 0 fully saturated rings. The molecule has 0 aromatic carbocycles. The Hall–Kier alpha value is -0.770. The van der Waals surface area contributed by atoms with Crippen LogP contribution in [0.25, 0.3) is 0 Å². The normalized spacial score (nSPS) is 15.1. The number of alkyl halides is 1. The number of rotatable bonds is 2. The molecule has 1 aliphatic rings. The number of hydrogen-bond donors (Lipinski definition) is 0. The van der Waals surface area contributed by atoms with Crippen LogP contribution in [0.4, 0.5) is 0 Å². The van der Waals surface area contributed by atoms with Crippen LogP contribution in [-0.4, -0.2) is 11.1 Å². The molecule has 0 unspecified atom stereocenters. The number of allylic oxidation sites excluding steroid dienone is 1. The Balaban J connectivity index is 2.56. The van der Waals surface area contributed by atoms with Crippen molar-refractivity contribution < 1.29 is 14.3 Å². The molecule has 54 valence electrons. The molecule has 0 radical (unpaired) electrons. The molecule has 0 N–H and O–H groups in total. The summed E-state index contributed by atoms with van der Waals surface area (Å²) in [6, 6.07) is 0. The van der Waals surface area contributed by atoms with Gasteiger partial charge in [-0.3, -0.25) is 4.79 Å². The van der Waals surface area contributed by atoms with E-state index in [-0.39, 0.29) is 16.9 Å². The Bertz CT molecular complexity index is 195. The molecule has 3 nitrogen and oxygen atoms in total. The fourth-order valence-corrected chi connectivity index (χ4v) is 0.736. The zero-order valence-electron chi connectivity index (χ0n) is 5.04. The maximum absolute atomic E-state index is 10.8. The van der Waals surface area contributed by atoms with Gasteiger partial charge in [0.15, 0.2) is 0 Å². The monoisotopic (exact) mass is 204 g/mol. The highest BCUT2D eigenvalue weighted by Gasteiger charge is 2.10. The molecule has 1 aliphatic heterocycles. The summed E-state index contributed by atoms with van der Waals surface area (Å²) in [6.07, 6.45) is 3.94. The first-order valence-corrected chi connectivity index (χ1v) is 3.73. The second-order valence-electron chi connectivity index (χ2n) is 1.57. The van der Waals surface area contributed by atoms with Crippen molar-refractivity contribution in [3.8, 4) is 0 Å². The molecule has 0 amide bonds. The number of carbonyl (C=O) groups excluding carboxylic acids is 1. The van der Waals surface area contributed by atoms with Gasteiger partial charge in [0, 0.05) is 0 Å². The fourth-order valence-electron chi connectivity index (χ4n) is 0.459. The third-order valence-corrected chi connectivity index (χ3v) is 1.41. The quantitative estimate of drug-likeness (QED) is 0.637. The number of carbonyl (C=O) groups is 1. The van der Waals surface area contributed by atoms with Crippen molar-refractivity contribution in [1.29, 1.82) is 0 Å². The van der Waals surface area contributed by atoms with E-state index in [1.165, 1.54) is 18.8 Å². The Morgan fingerprint density at radius 2 is 2.40 bits per heavy atom. The molecule has 0 bridgehead atoms. The number of Topliss-reactive ketones (excluding diaryl/α,β-unsaturated/α-hetero) is 1. The van der Waals surface area contributed by atoms with E-state index >= 15 is 0 Å². The third-order valence-electron chi connectivity index (χ3n) is 0.900. The second-order valence-corrected chi connectivity index (χ2v) is 2.13. The summed E-state index contributed by atoms with van der Waals surface area (Å²) in [5.74, 6) is 0.0868. The lowest BCUT2D eigenvalue weighted by Gasteiger charge is -2.05. The zero-order valence-corrected chi connectivity index (χ0v) is 6.63. The summed E-state index contributed by atoms with van der Waals surface area (Å²) >= 11 is 3.00. The molecule has 1 heterocycles. The van der Waals surface area contributed by atoms with Crippen molar-refractivity contribution in [1.82, 2.24) is 0 Å². The van der Waals surface area contributed by atoms with Gasteiger partial charge < -0.3 is 9.47 Å². The average Bonchev–Trinajstić information content (AvgIpc) is 2.05. The van der Waals surface area contributed by atoms with Gasteiger partial charge in [0.2, 0.25) is 11.5 Å². The highest BCUT2D eigenvalue weighted by Crippen LogP contribution is 2.07. The lowest BCUT2D eigenvalue weighted by molar-refractivity contribution is -0.115. The largest absolute Gasteiger partial charge is 0.465 e. The van der Waals surface area contributed by atoms with Gasteiger partial charge in [-0.1, -0.05) is 15.9 Å². The van der Waals surface area contributed by atoms with Crippen LogP contribution in [0, 0.1) is 0 Å². The van der Waals surface area contributed by atoms with Gasteiger partial charge in [-0.25, -0.2) is 0 Å². The van der Waals surface area contributed by atoms with Gasteiger partial charge in [0.05, 0.1) is 5.33 Å². The van der Waals surface area contributed by atoms with E-state index in [0.29, 0.717) is 0 Å². The van der Waals surface area contributed by atoms with Crippen molar-refractivity contribution in [3.63, 3.8) is 0 Å². The molecule has 0 saturated heterocycles. The summed E-state index contributed by atoms with van der Waals surface area (Å²) in [4.78, 5) is 10.8. The predicted octanol–water partition coefficient (Wildman–Crippen LogP) is 1.31. The van der Waals surface area contributed by atoms with Crippen LogP contribution in [-0.2, 0) is 14.3 Å². The number of halogens is 1. The van der Waals surface area contributed by atoms with Crippen LogP contribution >= 0.6 is 15.9 Å². The SMILES string of the molecule is O=C(CBr)C1=COC=CO1. The maximum Gasteiger partial charge on any atom is 0.211 e. The fraction of sp³-hybridized carbons (Fsp3) is 0.167. The van der Waals surface area contributed by atoms with E-state index in [4.69, 9.17) is 9.47 Å². The second kappa shape index (κ2) is 3.41. The van der Waals surface area contributed by atoms with E-state index in [2.05, 4.69) is 15.9 Å². The highest BCUT2D eigenvalue weighted by molar-refractivity contribution is 9.09.